The van der Waals surface area contributed by atoms with Gasteiger partial charge in [-0.1, -0.05) is 56.3 Å². The number of carbonyl (C=O) groups is 1. The molecule has 4 nitrogen and oxygen atoms in total. The quantitative estimate of drug-likeness (QED) is 0.776. The summed E-state index contributed by atoms with van der Waals surface area (Å²) in [4.78, 5) is 11.9. The van der Waals surface area contributed by atoms with E-state index >= 15 is 0 Å². The molecule has 1 spiro atoms. The highest BCUT2D eigenvalue weighted by Crippen LogP contribution is 2.41. The van der Waals surface area contributed by atoms with E-state index in [9.17, 15) is 4.79 Å². The number of ether oxygens (including phenoxy) is 3. The van der Waals surface area contributed by atoms with E-state index in [0.29, 0.717) is 38.4 Å². The molecule has 0 aliphatic carbocycles. The van der Waals surface area contributed by atoms with Gasteiger partial charge in [0.2, 0.25) is 0 Å². The Morgan fingerprint density at radius 3 is 2.56 bits per heavy atom. The molecular formula is C21H26O4. The van der Waals surface area contributed by atoms with Crippen LogP contribution < -0.4 is 0 Å². The molecule has 0 N–H and O–H groups in total. The van der Waals surface area contributed by atoms with Crippen molar-refractivity contribution in [2.45, 2.75) is 39.6 Å². The van der Waals surface area contributed by atoms with Crippen LogP contribution in [0.15, 0.2) is 48.1 Å². The van der Waals surface area contributed by atoms with Crippen molar-refractivity contribution in [3.05, 3.63) is 59.2 Å². The Balaban J connectivity index is 2.05. The zero-order valence-electron chi connectivity index (χ0n) is 15.2. The molecule has 2 aliphatic heterocycles. The molecule has 0 unspecified atom stereocenters. The summed E-state index contributed by atoms with van der Waals surface area (Å²) in [6, 6.07) is 8.06. The largest absolute Gasteiger partial charge is 0.373 e. The van der Waals surface area contributed by atoms with Gasteiger partial charge in [0.1, 0.15) is 0 Å². The molecule has 1 aromatic rings. The zero-order valence-corrected chi connectivity index (χ0v) is 15.2. The van der Waals surface area contributed by atoms with E-state index in [0.717, 1.165) is 11.1 Å². The molecule has 25 heavy (non-hydrogen) atoms. The van der Waals surface area contributed by atoms with Crippen molar-refractivity contribution in [3.8, 4) is 0 Å². The van der Waals surface area contributed by atoms with E-state index < -0.39 is 5.79 Å². The molecule has 3 rings (SSSR count). The van der Waals surface area contributed by atoms with Crippen molar-refractivity contribution in [3.63, 3.8) is 0 Å². The summed E-state index contributed by atoms with van der Waals surface area (Å²) in [6.45, 7) is 7.96. The molecule has 1 saturated heterocycles. The van der Waals surface area contributed by atoms with Gasteiger partial charge in [-0.15, -0.1) is 0 Å². The van der Waals surface area contributed by atoms with Gasteiger partial charge in [0, 0.05) is 23.0 Å². The SMILES string of the molecule is CC(=O)C1=C/CC2(OCC(C)(C)CO2)c2ccccc2COC/C=C\1. The number of carbonyl (C=O) groups excluding carboxylic acids is 1. The van der Waals surface area contributed by atoms with Gasteiger partial charge in [-0.05, 0) is 12.5 Å². The topological polar surface area (TPSA) is 44.8 Å². The summed E-state index contributed by atoms with van der Waals surface area (Å²) in [5, 5.41) is 0. The zero-order chi connectivity index (χ0) is 17.9. The maximum Gasteiger partial charge on any atom is 0.198 e. The second-order valence-electron chi connectivity index (χ2n) is 7.49. The van der Waals surface area contributed by atoms with E-state index in [2.05, 4.69) is 13.8 Å². The number of benzene rings is 1. The average molecular weight is 342 g/mol. The first-order valence-electron chi connectivity index (χ1n) is 8.74. The number of allylic oxidation sites excluding steroid dienone is 2. The normalized spacial score (nSPS) is 26.0. The Kier molecular flexibility index (Phi) is 5.23. The van der Waals surface area contributed by atoms with Gasteiger partial charge in [-0.25, -0.2) is 0 Å². The molecule has 0 saturated carbocycles. The van der Waals surface area contributed by atoms with Crippen LogP contribution in [0.1, 0.15) is 38.3 Å². The lowest BCUT2D eigenvalue weighted by molar-refractivity contribution is -0.306. The Labute approximate surface area is 149 Å². The average Bonchev–Trinajstić information content (AvgIpc) is 2.61. The van der Waals surface area contributed by atoms with Crippen LogP contribution in [-0.2, 0) is 31.4 Å². The van der Waals surface area contributed by atoms with Gasteiger partial charge in [-0.2, -0.15) is 0 Å². The summed E-state index contributed by atoms with van der Waals surface area (Å²) in [5.41, 5.74) is 2.65. The minimum Gasteiger partial charge on any atom is -0.373 e. The fourth-order valence-corrected chi connectivity index (χ4v) is 3.09. The minimum atomic E-state index is -0.881. The summed E-state index contributed by atoms with van der Waals surface area (Å²) < 4.78 is 18.3. The van der Waals surface area contributed by atoms with Gasteiger partial charge in [-0.3, -0.25) is 4.79 Å². The first-order chi connectivity index (χ1) is 11.9. The van der Waals surface area contributed by atoms with Crippen molar-refractivity contribution in [1.29, 1.82) is 0 Å². The Bertz CT molecular complexity index is 690. The molecule has 0 aromatic heterocycles. The third-order valence-corrected chi connectivity index (χ3v) is 4.59. The standard InChI is InChI=1S/C21H26O4/c1-16(22)17-8-6-12-23-13-18-7-4-5-9-19(18)21(11-10-17)24-14-20(2,3)15-25-21/h4-10H,11-15H2,1-3H3/b8-6-,17-10+. The fraction of sp³-hybridized carbons (Fsp3) is 0.476. The van der Waals surface area contributed by atoms with Crippen LogP contribution in [0.4, 0.5) is 0 Å². The first kappa shape index (κ1) is 18.1. The van der Waals surface area contributed by atoms with E-state index in [4.69, 9.17) is 14.2 Å². The summed E-state index contributed by atoms with van der Waals surface area (Å²) in [7, 11) is 0. The highest BCUT2D eigenvalue weighted by atomic mass is 16.7. The third kappa shape index (κ3) is 4.09. The van der Waals surface area contributed by atoms with Crippen molar-refractivity contribution >= 4 is 5.78 Å². The van der Waals surface area contributed by atoms with Gasteiger partial charge in [0.25, 0.3) is 0 Å². The highest BCUT2D eigenvalue weighted by molar-refractivity contribution is 5.95. The molecule has 4 heteroatoms. The molecule has 1 fully saturated rings. The predicted octanol–water partition coefficient (Wildman–Crippen LogP) is 3.90. The van der Waals surface area contributed by atoms with Crippen molar-refractivity contribution in [2.24, 2.45) is 5.41 Å². The Hall–Kier alpha value is -1.75. The van der Waals surface area contributed by atoms with Gasteiger partial charge in [0.15, 0.2) is 11.6 Å². The number of fused-ring (bicyclic) bond motifs is 2. The van der Waals surface area contributed by atoms with Gasteiger partial charge in [0.05, 0.1) is 26.4 Å². The molecule has 0 radical (unpaired) electrons. The van der Waals surface area contributed by atoms with Crippen LogP contribution in [-0.4, -0.2) is 25.6 Å². The first-order valence-corrected chi connectivity index (χ1v) is 8.74. The van der Waals surface area contributed by atoms with E-state index in [1.54, 1.807) is 6.92 Å². The fourth-order valence-electron chi connectivity index (χ4n) is 3.09. The lowest BCUT2D eigenvalue weighted by Gasteiger charge is -2.44. The van der Waals surface area contributed by atoms with E-state index in [1.807, 2.05) is 42.5 Å². The van der Waals surface area contributed by atoms with Crippen LogP contribution >= 0.6 is 0 Å². The molecule has 0 amide bonds. The molecular weight excluding hydrogens is 316 g/mol. The summed E-state index contributed by atoms with van der Waals surface area (Å²) >= 11 is 0. The second-order valence-corrected chi connectivity index (χ2v) is 7.49. The molecule has 0 atom stereocenters. The molecule has 0 bridgehead atoms. The maximum atomic E-state index is 11.9. The van der Waals surface area contributed by atoms with Crippen molar-refractivity contribution in [1.82, 2.24) is 0 Å². The van der Waals surface area contributed by atoms with E-state index in [-0.39, 0.29) is 11.2 Å². The molecule has 2 heterocycles. The number of Topliss-reactive ketones (excluding diaryl/α,β-unsaturated/α-hetero) is 1. The minimum absolute atomic E-state index is 0.0232. The van der Waals surface area contributed by atoms with Crippen molar-refractivity contribution in [2.75, 3.05) is 19.8 Å². The highest BCUT2D eigenvalue weighted by Gasteiger charge is 2.42. The van der Waals surface area contributed by atoms with Crippen LogP contribution in [0.2, 0.25) is 0 Å². The molecule has 2 aliphatic rings. The van der Waals surface area contributed by atoms with E-state index in [1.165, 1.54) is 0 Å². The third-order valence-electron chi connectivity index (χ3n) is 4.59. The maximum absolute atomic E-state index is 11.9. The molecule has 134 valence electrons. The second kappa shape index (κ2) is 7.24. The Morgan fingerprint density at radius 2 is 1.84 bits per heavy atom. The van der Waals surface area contributed by atoms with Crippen LogP contribution in [0.25, 0.3) is 0 Å². The smallest absolute Gasteiger partial charge is 0.198 e. The lowest BCUT2D eigenvalue weighted by atomic mass is 9.90. The van der Waals surface area contributed by atoms with Crippen LogP contribution in [0.3, 0.4) is 0 Å². The van der Waals surface area contributed by atoms with Gasteiger partial charge < -0.3 is 14.2 Å². The number of rotatable bonds is 1. The summed E-state index contributed by atoms with van der Waals surface area (Å²) in [6.07, 6.45) is 6.09. The lowest BCUT2D eigenvalue weighted by Crippen LogP contribution is -2.46. The predicted molar refractivity (Wildman–Crippen MR) is 96.0 cm³/mol. The monoisotopic (exact) mass is 342 g/mol. The number of hydrogen-bond donors (Lipinski definition) is 0. The molecule has 1 aromatic carbocycles. The van der Waals surface area contributed by atoms with Crippen LogP contribution in [0.5, 0.6) is 0 Å². The van der Waals surface area contributed by atoms with Crippen molar-refractivity contribution < 1.29 is 19.0 Å². The number of hydrogen-bond acceptors (Lipinski definition) is 4. The Morgan fingerprint density at radius 1 is 1.12 bits per heavy atom. The summed E-state index contributed by atoms with van der Waals surface area (Å²) in [5.74, 6) is -0.857. The van der Waals surface area contributed by atoms with Crippen LogP contribution in [0, 0.1) is 5.41 Å². The number of ketones is 1. The van der Waals surface area contributed by atoms with Gasteiger partial charge >= 0.3 is 0 Å².